The second-order valence-electron chi connectivity index (χ2n) is 10.0. The van der Waals surface area contributed by atoms with Crippen LogP contribution in [0.25, 0.3) is 11.0 Å². The zero-order valence-electron chi connectivity index (χ0n) is 21.9. The van der Waals surface area contributed by atoms with Gasteiger partial charge in [0, 0.05) is 51.2 Å². The lowest BCUT2D eigenvalue weighted by Crippen LogP contribution is -2.43. The predicted molar refractivity (Wildman–Crippen MR) is 142 cm³/mol. The highest BCUT2D eigenvalue weighted by Crippen LogP contribution is 2.28. The number of nitrogens with one attached hydrogen (secondary N) is 3. The van der Waals surface area contributed by atoms with Crippen LogP contribution in [0.3, 0.4) is 0 Å². The number of aromatic nitrogens is 7. The number of rotatable bonds is 8. The maximum atomic E-state index is 12.9. The summed E-state index contributed by atoms with van der Waals surface area (Å²) in [5.41, 5.74) is 2.80. The molecule has 0 bridgehead atoms. The molecule has 0 radical (unpaired) electrons. The van der Waals surface area contributed by atoms with Crippen LogP contribution in [-0.4, -0.2) is 70.5 Å². The van der Waals surface area contributed by atoms with Crippen LogP contribution in [0.1, 0.15) is 42.7 Å². The molecular formula is C25H33N11O. The van der Waals surface area contributed by atoms with Gasteiger partial charge < -0.3 is 16.0 Å². The molecule has 5 heterocycles. The van der Waals surface area contributed by atoms with Crippen molar-refractivity contribution in [1.29, 1.82) is 0 Å². The van der Waals surface area contributed by atoms with Gasteiger partial charge in [-0.05, 0) is 46.2 Å². The Labute approximate surface area is 215 Å². The number of nitrogens with zero attached hydrogens (tertiary/aromatic N) is 8. The predicted octanol–water partition coefficient (Wildman–Crippen LogP) is 2.89. The van der Waals surface area contributed by atoms with E-state index in [4.69, 9.17) is 0 Å². The third kappa shape index (κ3) is 5.10. The van der Waals surface area contributed by atoms with Gasteiger partial charge >= 0.3 is 0 Å². The van der Waals surface area contributed by atoms with Crippen LogP contribution < -0.4 is 16.0 Å². The van der Waals surface area contributed by atoms with Crippen LogP contribution in [0.2, 0.25) is 0 Å². The van der Waals surface area contributed by atoms with Crippen LogP contribution in [0.15, 0.2) is 30.7 Å². The number of pyridine rings is 1. The van der Waals surface area contributed by atoms with Crippen molar-refractivity contribution >= 4 is 40.2 Å². The fourth-order valence-corrected chi connectivity index (χ4v) is 4.70. The summed E-state index contributed by atoms with van der Waals surface area (Å²) in [6.45, 7) is 8.90. The smallest absolute Gasteiger partial charge is 0.252 e. The van der Waals surface area contributed by atoms with Crippen molar-refractivity contribution in [3.8, 4) is 0 Å². The molecule has 12 heteroatoms. The molecule has 0 aromatic carbocycles. The first-order valence-electron chi connectivity index (χ1n) is 12.4. The summed E-state index contributed by atoms with van der Waals surface area (Å²) < 4.78 is 3.39. The first-order chi connectivity index (χ1) is 17.7. The Morgan fingerprint density at radius 2 is 1.97 bits per heavy atom. The summed E-state index contributed by atoms with van der Waals surface area (Å²) in [5, 5.41) is 19.0. The molecule has 4 aromatic heterocycles. The molecule has 1 saturated heterocycles. The minimum atomic E-state index is -0.146. The topological polar surface area (TPSA) is 131 Å². The van der Waals surface area contributed by atoms with Crippen molar-refractivity contribution in [3.05, 3.63) is 42.0 Å². The van der Waals surface area contributed by atoms with Gasteiger partial charge in [-0.15, -0.1) is 0 Å². The summed E-state index contributed by atoms with van der Waals surface area (Å²) in [6.07, 6.45) is 7.41. The number of anilines is 4. The molecule has 0 saturated carbocycles. The summed E-state index contributed by atoms with van der Waals surface area (Å²) in [4.78, 5) is 28.8. The fourth-order valence-electron chi connectivity index (χ4n) is 4.70. The molecule has 0 aliphatic carbocycles. The van der Waals surface area contributed by atoms with Gasteiger partial charge in [0.1, 0.15) is 5.82 Å². The maximum absolute atomic E-state index is 12.9. The van der Waals surface area contributed by atoms with Gasteiger partial charge in [-0.3, -0.25) is 19.4 Å². The Kier molecular flexibility index (Phi) is 6.50. The monoisotopic (exact) mass is 503 g/mol. The molecule has 0 atom stereocenters. The maximum Gasteiger partial charge on any atom is 0.252 e. The van der Waals surface area contributed by atoms with Crippen LogP contribution in [0.4, 0.5) is 23.3 Å². The molecule has 194 valence electrons. The van der Waals surface area contributed by atoms with Crippen LogP contribution >= 0.6 is 0 Å². The summed E-state index contributed by atoms with van der Waals surface area (Å²) >= 11 is 0. The van der Waals surface area contributed by atoms with E-state index in [1.54, 1.807) is 34.0 Å². The van der Waals surface area contributed by atoms with Crippen molar-refractivity contribution in [3.63, 3.8) is 0 Å². The number of aryl methyl sites for hydroxylation is 3. The number of carbonyl (C=O) groups excluding carboxylic acids is 1. The minimum Gasteiger partial charge on any atom is -0.351 e. The van der Waals surface area contributed by atoms with E-state index in [2.05, 4.69) is 59.8 Å². The first-order valence-corrected chi connectivity index (χ1v) is 12.4. The highest BCUT2D eigenvalue weighted by atomic mass is 16.1. The van der Waals surface area contributed by atoms with Gasteiger partial charge in [0.15, 0.2) is 11.5 Å². The second-order valence-corrected chi connectivity index (χ2v) is 10.0. The average Bonchev–Trinajstić information content (AvgIpc) is 3.52. The highest BCUT2D eigenvalue weighted by Gasteiger charge is 2.31. The summed E-state index contributed by atoms with van der Waals surface area (Å²) in [7, 11) is 3.66. The van der Waals surface area contributed by atoms with Gasteiger partial charge in [-0.25, -0.2) is 9.67 Å². The van der Waals surface area contributed by atoms with Crippen LogP contribution in [-0.2, 0) is 14.1 Å². The van der Waals surface area contributed by atoms with E-state index in [1.807, 2.05) is 27.1 Å². The number of likely N-dealkylation sites (tertiary alicyclic amines) is 1. The SMILES string of the molecule is Cc1ncc(C(=O)NCCN2CCCC2(C)C)cc1Nc1nn(C)c2nc(Nc3ccnn3C)ncc12. The molecule has 1 aliphatic heterocycles. The Morgan fingerprint density at radius 1 is 1.14 bits per heavy atom. The zero-order chi connectivity index (χ0) is 26.2. The Balaban J connectivity index is 1.29. The standard InChI is InChI=1S/C25H33N11O/c1-16-19(13-17(14-27-16)23(37)26-10-12-36-11-6-8-25(36,2)3)30-21-18-15-28-24(32-22(18)35(5)33-21)31-20-7-9-29-34(20)4/h7,9,13-15H,6,8,10-12H2,1-5H3,(H,26,37)(H,30,33)(H,28,31,32). The third-order valence-corrected chi connectivity index (χ3v) is 6.98. The van der Waals surface area contributed by atoms with Gasteiger partial charge in [0.05, 0.1) is 28.5 Å². The van der Waals surface area contributed by atoms with Crippen LogP contribution in [0.5, 0.6) is 0 Å². The van der Waals surface area contributed by atoms with Crippen molar-refractivity contribution < 1.29 is 4.79 Å². The number of carbonyl (C=O) groups is 1. The van der Waals surface area contributed by atoms with Crippen LogP contribution in [0, 0.1) is 6.92 Å². The quantitative estimate of drug-likeness (QED) is 0.332. The molecule has 5 rings (SSSR count). The lowest BCUT2D eigenvalue weighted by molar-refractivity contribution is 0.0940. The van der Waals surface area contributed by atoms with Crippen molar-refractivity contribution in [2.24, 2.45) is 14.1 Å². The second kappa shape index (κ2) is 9.77. The third-order valence-electron chi connectivity index (χ3n) is 6.98. The van der Waals surface area contributed by atoms with E-state index < -0.39 is 0 Å². The molecular weight excluding hydrogens is 470 g/mol. The molecule has 0 unspecified atom stereocenters. The van der Waals surface area contributed by atoms with Gasteiger partial charge in [0.2, 0.25) is 5.95 Å². The van der Waals surface area contributed by atoms with E-state index >= 15 is 0 Å². The molecule has 1 amide bonds. The highest BCUT2D eigenvalue weighted by molar-refractivity contribution is 5.96. The average molecular weight is 504 g/mol. The number of amides is 1. The summed E-state index contributed by atoms with van der Waals surface area (Å²) in [6, 6.07) is 3.65. The zero-order valence-corrected chi connectivity index (χ0v) is 21.9. The lowest BCUT2D eigenvalue weighted by atomic mass is 10.0. The van der Waals surface area contributed by atoms with E-state index in [0.717, 1.165) is 30.0 Å². The molecule has 1 fully saturated rings. The molecule has 37 heavy (non-hydrogen) atoms. The molecule has 3 N–H and O–H groups in total. The van der Waals surface area contributed by atoms with E-state index in [-0.39, 0.29) is 11.4 Å². The number of hydrogen-bond acceptors (Lipinski definition) is 9. The molecule has 12 nitrogen and oxygen atoms in total. The van der Waals surface area contributed by atoms with Gasteiger partial charge in [-0.1, -0.05) is 0 Å². The number of hydrogen-bond donors (Lipinski definition) is 3. The van der Waals surface area contributed by atoms with Gasteiger partial charge in [0.25, 0.3) is 5.91 Å². The largest absolute Gasteiger partial charge is 0.351 e. The van der Waals surface area contributed by atoms with Crippen molar-refractivity contribution in [2.45, 2.75) is 39.2 Å². The first kappa shape index (κ1) is 24.6. The van der Waals surface area contributed by atoms with Crippen molar-refractivity contribution in [1.82, 2.24) is 44.7 Å². The van der Waals surface area contributed by atoms with Crippen molar-refractivity contribution in [2.75, 3.05) is 30.3 Å². The Morgan fingerprint density at radius 3 is 2.70 bits per heavy atom. The van der Waals surface area contributed by atoms with E-state index in [9.17, 15) is 4.79 Å². The van der Waals surface area contributed by atoms with E-state index in [0.29, 0.717) is 35.2 Å². The number of fused-ring (bicyclic) bond motifs is 1. The molecule has 4 aromatic rings. The Bertz CT molecular complexity index is 1440. The van der Waals surface area contributed by atoms with Gasteiger partial charge in [-0.2, -0.15) is 15.2 Å². The molecule has 0 spiro atoms. The summed E-state index contributed by atoms with van der Waals surface area (Å²) in [5.74, 6) is 1.66. The molecule has 1 aliphatic rings. The fraction of sp³-hybridized carbons (Fsp3) is 0.440. The normalized spacial score (nSPS) is 15.3. The lowest BCUT2D eigenvalue weighted by Gasteiger charge is -2.31. The Hall–Kier alpha value is -4.06. The minimum absolute atomic E-state index is 0.146. The van der Waals surface area contributed by atoms with E-state index in [1.165, 1.54) is 12.8 Å².